The highest BCUT2D eigenvalue weighted by molar-refractivity contribution is 6.90. The molecule has 1 atom stereocenters. The van der Waals surface area contributed by atoms with Gasteiger partial charge in [0.1, 0.15) is 23.4 Å². The van der Waals surface area contributed by atoms with Gasteiger partial charge in [-0.25, -0.2) is 4.39 Å². The lowest BCUT2D eigenvalue weighted by Crippen LogP contribution is -2.52. The van der Waals surface area contributed by atoms with Gasteiger partial charge in [0.05, 0.1) is 0 Å². The SMILES string of the molecule is Fc1ccccc1C(C[SiH](c1ccccc1)c1ccccc1)[SiH](c1ccccc1)c1ccccc1. The molecule has 0 radical (unpaired) electrons. The Balaban J connectivity index is 1.69. The van der Waals surface area contributed by atoms with E-state index in [2.05, 4.69) is 121 Å². The van der Waals surface area contributed by atoms with Crippen LogP contribution in [0.3, 0.4) is 0 Å². The number of halogens is 1. The summed E-state index contributed by atoms with van der Waals surface area (Å²) >= 11 is 0. The minimum absolute atomic E-state index is 0.0873. The zero-order valence-corrected chi connectivity index (χ0v) is 22.0. The normalized spacial score (nSPS) is 12.1. The van der Waals surface area contributed by atoms with Gasteiger partial charge in [0.2, 0.25) is 0 Å². The Bertz CT molecular complexity index is 1250. The summed E-state index contributed by atoms with van der Waals surface area (Å²) in [4.78, 5) is 0. The van der Waals surface area contributed by atoms with Crippen LogP contribution in [0, 0.1) is 5.82 Å². The second kappa shape index (κ2) is 11.3. The zero-order valence-electron chi connectivity index (χ0n) is 19.7. The summed E-state index contributed by atoms with van der Waals surface area (Å²) in [5, 5.41) is 5.55. The van der Waals surface area contributed by atoms with E-state index >= 15 is 4.39 Å². The van der Waals surface area contributed by atoms with Crippen LogP contribution in [0.4, 0.5) is 4.39 Å². The van der Waals surface area contributed by atoms with E-state index in [9.17, 15) is 0 Å². The van der Waals surface area contributed by atoms with Crippen molar-refractivity contribution in [3.8, 4) is 0 Å². The summed E-state index contributed by atoms with van der Waals surface area (Å²) in [5.74, 6) is -0.0873. The number of hydrogen-bond donors (Lipinski definition) is 0. The molecule has 0 aliphatic carbocycles. The first kappa shape index (κ1) is 23.2. The molecule has 35 heavy (non-hydrogen) atoms. The van der Waals surface area contributed by atoms with E-state index in [4.69, 9.17) is 0 Å². The quantitative estimate of drug-likeness (QED) is 0.282. The van der Waals surface area contributed by atoms with Gasteiger partial charge in [0, 0.05) is 0 Å². The molecule has 172 valence electrons. The average Bonchev–Trinajstić information content (AvgIpc) is 2.93. The molecule has 0 amide bonds. The van der Waals surface area contributed by atoms with Crippen LogP contribution in [0.2, 0.25) is 6.04 Å². The molecule has 0 saturated heterocycles. The van der Waals surface area contributed by atoms with E-state index in [1.54, 1.807) is 12.1 Å². The summed E-state index contributed by atoms with van der Waals surface area (Å²) in [5.41, 5.74) is 0.999. The molecule has 0 N–H and O–H groups in total. The fraction of sp³-hybridized carbons (Fsp3) is 0.0625. The Kier molecular flexibility index (Phi) is 7.47. The average molecular weight is 489 g/mol. The van der Waals surface area contributed by atoms with E-state index < -0.39 is 17.6 Å². The van der Waals surface area contributed by atoms with E-state index in [1.807, 2.05) is 12.1 Å². The van der Waals surface area contributed by atoms with Crippen LogP contribution in [-0.4, -0.2) is 17.6 Å². The van der Waals surface area contributed by atoms with Gasteiger partial charge in [-0.1, -0.05) is 160 Å². The molecule has 0 spiro atoms. The van der Waals surface area contributed by atoms with Crippen LogP contribution in [0.5, 0.6) is 0 Å². The van der Waals surface area contributed by atoms with Crippen molar-refractivity contribution in [3.05, 3.63) is 157 Å². The molecule has 5 aromatic carbocycles. The Hall–Kier alpha value is -3.54. The molecular formula is C32H29FSi2. The fourth-order valence-corrected chi connectivity index (χ4v) is 13.5. The molecule has 0 saturated carbocycles. The second-order valence-corrected chi connectivity index (χ2v) is 15.0. The van der Waals surface area contributed by atoms with Crippen molar-refractivity contribution < 1.29 is 4.39 Å². The molecule has 5 aromatic rings. The van der Waals surface area contributed by atoms with Gasteiger partial charge in [-0.3, -0.25) is 0 Å². The predicted octanol–water partition coefficient (Wildman–Crippen LogP) is 4.53. The smallest absolute Gasteiger partial charge is 0.126 e. The van der Waals surface area contributed by atoms with Crippen molar-refractivity contribution in [2.24, 2.45) is 0 Å². The molecule has 1 unspecified atom stereocenters. The van der Waals surface area contributed by atoms with Crippen molar-refractivity contribution in [2.75, 3.05) is 0 Å². The van der Waals surface area contributed by atoms with Crippen LogP contribution in [0.1, 0.15) is 11.1 Å². The minimum Gasteiger partial charge on any atom is -0.207 e. The zero-order chi connectivity index (χ0) is 23.9. The number of benzene rings is 5. The Labute approximate surface area is 211 Å². The van der Waals surface area contributed by atoms with E-state index in [-0.39, 0.29) is 11.4 Å². The van der Waals surface area contributed by atoms with Gasteiger partial charge < -0.3 is 0 Å². The van der Waals surface area contributed by atoms with Gasteiger partial charge in [-0.2, -0.15) is 0 Å². The maximum Gasteiger partial charge on any atom is 0.126 e. The van der Waals surface area contributed by atoms with Gasteiger partial charge in [-0.15, -0.1) is 0 Å². The third kappa shape index (κ3) is 5.42. The largest absolute Gasteiger partial charge is 0.207 e. The maximum absolute atomic E-state index is 15.5. The van der Waals surface area contributed by atoms with E-state index in [1.165, 1.54) is 20.7 Å². The van der Waals surface area contributed by atoms with Crippen LogP contribution >= 0.6 is 0 Å². The summed E-state index contributed by atoms with van der Waals surface area (Å²) in [6, 6.07) is 51.9. The molecule has 5 rings (SSSR count). The Morgan fingerprint density at radius 3 is 1.26 bits per heavy atom. The Morgan fingerprint density at radius 2 is 0.829 bits per heavy atom. The number of rotatable bonds is 8. The van der Waals surface area contributed by atoms with Gasteiger partial charge in [0.15, 0.2) is 0 Å². The first-order valence-electron chi connectivity index (χ1n) is 12.3. The lowest BCUT2D eigenvalue weighted by atomic mass is 10.1. The summed E-state index contributed by atoms with van der Waals surface area (Å²) in [7, 11) is -3.46. The predicted molar refractivity (Wildman–Crippen MR) is 153 cm³/mol. The van der Waals surface area contributed by atoms with Crippen molar-refractivity contribution >= 4 is 38.3 Å². The second-order valence-electron chi connectivity index (χ2n) is 9.04. The Morgan fingerprint density at radius 1 is 0.457 bits per heavy atom. The highest BCUT2D eigenvalue weighted by Crippen LogP contribution is 2.28. The molecule has 0 aliphatic rings. The van der Waals surface area contributed by atoms with Crippen LogP contribution < -0.4 is 20.7 Å². The molecule has 0 aliphatic heterocycles. The lowest BCUT2D eigenvalue weighted by Gasteiger charge is -2.31. The highest BCUT2D eigenvalue weighted by atomic mass is 28.3. The molecule has 0 aromatic heterocycles. The molecular weight excluding hydrogens is 460 g/mol. The molecule has 0 fully saturated rings. The first-order chi connectivity index (χ1) is 17.3. The topological polar surface area (TPSA) is 0 Å². The number of hydrogen-bond acceptors (Lipinski definition) is 0. The van der Waals surface area contributed by atoms with Crippen molar-refractivity contribution in [2.45, 2.75) is 11.6 Å². The lowest BCUT2D eigenvalue weighted by molar-refractivity contribution is 0.609. The van der Waals surface area contributed by atoms with Crippen LogP contribution in [0.25, 0.3) is 0 Å². The van der Waals surface area contributed by atoms with E-state index in [0.29, 0.717) is 0 Å². The highest BCUT2D eigenvalue weighted by Gasteiger charge is 2.33. The molecule has 0 nitrogen and oxygen atoms in total. The fourth-order valence-electron chi connectivity index (χ4n) is 5.29. The third-order valence-corrected chi connectivity index (χ3v) is 14.5. The van der Waals surface area contributed by atoms with Crippen molar-refractivity contribution in [1.82, 2.24) is 0 Å². The van der Waals surface area contributed by atoms with Crippen LogP contribution in [0.15, 0.2) is 146 Å². The van der Waals surface area contributed by atoms with Crippen molar-refractivity contribution in [1.29, 1.82) is 0 Å². The van der Waals surface area contributed by atoms with Crippen LogP contribution in [-0.2, 0) is 0 Å². The molecule has 3 heteroatoms. The summed E-state index contributed by atoms with van der Waals surface area (Å²) in [6.45, 7) is 0. The van der Waals surface area contributed by atoms with Gasteiger partial charge in [0.25, 0.3) is 0 Å². The van der Waals surface area contributed by atoms with Crippen molar-refractivity contribution in [3.63, 3.8) is 0 Å². The van der Waals surface area contributed by atoms with Gasteiger partial charge in [-0.05, 0) is 23.2 Å². The monoisotopic (exact) mass is 488 g/mol. The maximum atomic E-state index is 15.5. The summed E-state index contributed by atoms with van der Waals surface area (Å²) < 4.78 is 15.5. The molecule has 0 bridgehead atoms. The van der Waals surface area contributed by atoms with E-state index in [0.717, 1.165) is 11.6 Å². The molecule has 0 heterocycles. The standard InChI is InChI=1S/C32H29FSi2/c33-31-24-14-13-23-30(31)32(35(28-19-9-3-10-20-28)29-21-11-4-12-22-29)25-34(26-15-5-1-6-16-26)27-17-7-2-8-18-27/h1-24,32,34-35H,25H2. The first-order valence-corrected chi connectivity index (χ1v) is 16.0. The summed E-state index contributed by atoms with van der Waals surface area (Å²) in [6.07, 6.45) is 0. The minimum atomic E-state index is -1.83. The third-order valence-electron chi connectivity index (χ3n) is 6.92. The van der Waals surface area contributed by atoms with Gasteiger partial charge >= 0.3 is 0 Å².